The lowest BCUT2D eigenvalue weighted by atomic mass is 10.1. The molecule has 2 aromatic carbocycles. The highest BCUT2D eigenvalue weighted by Gasteiger charge is 2.14. The van der Waals surface area contributed by atoms with Crippen molar-refractivity contribution in [3.63, 3.8) is 0 Å². The molecule has 28 heavy (non-hydrogen) atoms. The minimum absolute atomic E-state index is 0.0651. The predicted molar refractivity (Wildman–Crippen MR) is 101 cm³/mol. The van der Waals surface area contributed by atoms with Gasteiger partial charge in [-0.05, 0) is 23.8 Å². The molecule has 0 bridgehead atoms. The first-order valence-corrected chi connectivity index (χ1v) is 8.64. The second-order valence-electron chi connectivity index (χ2n) is 6.24. The topological polar surface area (TPSA) is 92.2 Å². The summed E-state index contributed by atoms with van der Waals surface area (Å²) in [6, 6.07) is 17.0. The number of rotatable bonds is 5. The first-order valence-electron chi connectivity index (χ1n) is 8.64. The third kappa shape index (κ3) is 3.66. The number of carbonyl (C=O) groups excluding carboxylic acids is 1. The maximum absolute atomic E-state index is 12.9. The molecular formula is C20H16FN5O2. The van der Waals surface area contributed by atoms with Gasteiger partial charge in [-0.15, -0.1) is 0 Å². The molecule has 4 rings (SSSR count). The monoisotopic (exact) mass is 377 g/mol. The number of fused-ring (bicyclic) bond motifs is 1. The lowest BCUT2D eigenvalue weighted by Gasteiger charge is -2.06. The summed E-state index contributed by atoms with van der Waals surface area (Å²) in [5.41, 5.74) is 2.18. The number of amides is 1. The van der Waals surface area contributed by atoms with Gasteiger partial charge in [0.25, 0.3) is 5.56 Å². The van der Waals surface area contributed by atoms with Crippen molar-refractivity contribution >= 4 is 11.4 Å². The number of H-pyrrole nitrogens is 1. The molecule has 0 aliphatic heterocycles. The van der Waals surface area contributed by atoms with Crippen LogP contribution in [0.2, 0.25) is 0 Å². The standard InChI is InChI=1S/C20H16FN5O2/c21-15-8-6-13(7-9-15)12-22-19(27)11-18-23-24-20(28)17-10-16(25-26(17)18)14-4-2-1-3-5-14/h1-10H,11-12H2,(H,22,27)(H,24,28). The summed E-state index contributed by atoms with van der Waals surface area (Å²) in [6.07, 6.45) is -0.0651. The van der Waals surface area contributed by atoms with E-state index in [1.54, 1.807) is 18.2 Å². The van der Waals surface area contributed by atoms with Gasteiger partial charge in [-0.1, -0.05) is 42.5 Å². The molecule has 0 saturated carbocycles. The Kier molecular flexibility index (Phi) is 4.67. The van der Waals surface area contributed by atoms with Gasteiger partial charge in [0, 0.05) is 12.1 Å². The highest BCUT2D eigenvalue weighted by molar-refractivity contribution is 5.78. The van der Waals surface area contributed by atoms with Gasteiger partial charge in [0.15, 0.2) is 5.82 Å². The Hall–Kier alpha value is -3.81. The Morgan fingerprint density at radius 3 is 2.61 bits per heavy atom. The van der Waals surface area contributed by atoms with Gasteiger partial charge in [-0.2, -0.15) is 10.2 Å². The third-order valence-corrected chi connectivity index (χ3v) is 4.26. The smallest absolute Gasteiger partial charge is 0.290 e. The van der Waals surface area contributed by atoms with Gasteiger partial charge in [0.1, 0.15) is 11.3 Å². The Labute approximate surface area is 158 Å². The fourth-order valence-corrected chi connectivity index (χ4v) is 2.83. The fourth-order valence-electron chi connectivity index (χ4n) is 2.83. The van der Waals surface area contributed by atoms with Gasteiger partial charge in [-0.25, -0.2) is 14.0 Å². The van der Waals surface area contributed by atoms with Crippen LogP contribution in [0.3, 0.4) is 0 Å². The van der Waals surface area contributed by atoms with Crippen LogP contribution in [0.1, 0.15) is 11.4 Å². The second-order valence-corrected chi connectivity index (χ2v) is 6.24. The number of halogens is 1. The van der Waals surface area contributed by atoms with E-state index < -0.39 is 0 Å². The lowest BCUT2D eigenvalue weighted by molar-refractivity contribution is -0.120. The lowest BCUT2D eigenvalue weighted by Crippen LogP contribution is -2.27. The number of hydrogen-bond donors (Lipinski definition) is 2. The number of nitrogens with zero attached hydrogens (tertiary/aromatic N) is 3. The molecule has 1 amide bonds. The molecule has 2 N–H and O–H groups in total. The van der Waals surface area contributed by atoms with Gasteiger partial charge >= 0.3 is 0 Å². The number of aromatic amines is 1. The van der Waals surface area contributed by atoms with E-state index in [4.69, 9.17) is 0 Å². The molecule has 0 spiro atoms. The third-order valence-electron chi connectivity index (χ3n) is 4.26. The first kappa shape index (κ1) is 17.6. The zero-order chi connectivity index (χ0) is 19.5. The van der Waals surface area contributed by atoms with Crippen molar-refractivity contribution in [2.24, 2.45) is 0 Å². The van der Waals surface area contributed by atoms with Crippen LogP contribution in [0.15, 0.2) is 65.5 Å². The van der Waals surface area contributed by atoms with Gasteiger partial charge < -0.3 is 5.32 Å². The summed E-state index contributed by atoms with van der Waals surface area (Å²) >= 11 is 0. The van der Waals surface area contributed by atoms with Crippen molar-refractivity contribution in [3.05, 3.63) is 88.2 Å². The minimum Gasteiger partial charge on any atom is -0.352 e. The normalized spacial score (nSPS) is 10.9. The highest BCUT2D eigenvalue weighted by Crippen LogP contribution is 2.18. The van der Waals surface area contributed by atoms with Crippen LogP contribution >= 0.6 is 0 Å². The van der Waals surface area contributed by atoms with E-state index in [2.05, 4.69) is 20.6 Å². The van der Waals surface area contributed by atoms with Crippen molar-refractivity contribution in [2.75, 3.05) is 0 Å². The molecule has 0 saturated heterocycles. The predicted octanol–water partition coefficient (Wildman–Crippen LogP) is 2.08. The zero-order valence-electron chi connectivity index (χ0n) is 14.7. The van der Waals surface area contributed by atoms with E-state index in [1.807, 2.05) is 30.3 Å². The molecule has 140 valence electrons. The van der Waals surface area contributed by atoms with E-state index in [0.29, 0.717) is 17.0 Å². The Balaban J connectivity index is 1.55. The van der Waals surface area contributed by atoms with Crippen LogP contribution in [-0.4, -0.2) is 25.7 Å². The van der Waals surface area contributed by atoms with Gasteiger partial charge in [0.2, 0.25) is 5.91 Å². The van der Waals surface area contributed by atoms with Crippen molar-refractivity contribution in [1.29, 1.82) is 0 Å². The SMILES string of the molecule is O=C(Cc1n[nH]c(=O)c2cc(-c3ccccc3)nn12)NCc1ccc(F)cc1. The minimum atomic E-state index is -0.384. The average molecular weight is 377 g/mol. The molecule has 0 fully saturated rings. The molecule has 0 unspecified atom stereocenters. The molecule has 7 nitrogen and oxygen atoms in total. The zero-order valence-corrected chi connectivity index (χ0v) is 14.7. The van der Waals surface area contributed by atoms with Crippen molar-refractivity contribution < 1.29 is 9.18 Å². The van der Waals surface area contributed by atoms with Gasteiger partial charge in [0.05, 0.1) is 12.1 Å². The number of carbonyl (C=O) groups is 1. The quantitative estimate of drug-likeness (QED) is 0.557. The summed E-state index contributed by atoms with van der Waals surface area (Å²) in [4.78, 5) is 24.4. The molecule has 2 aromatic heterocycles. The largest absolute Gasteiger partial charge is 0.352 e. The second kappa shape index (κ2) is 7.43. The maximum Gasteiger partial charge on any atom is 0.290 e. The summed E-state index contributed by atoms with van der Waals surface area (Å²) in [6.45, 7) is 0.264. The van der Waals surface area contributed by atoms with Crippen LogP contribution in [0, 0.1) is 5.82 Å². The van der Waals surface area contributed by atoms with Crippen molar-refractivity contribution in [3.8, 4) is 11.3 Å². The molecule has 0 aliphatic carbocycles. The Morgan fingerprint density at radius 2 is 1.86 bits per heavy atom. The summed E-state index contributed by atoms with van der Waals surface area (Å²) in [5.74, 6) is -0.307. The highest BCUT2D eigenvalue weighted by atomic mass is 19.1. The number of nitrogens with one attached hydrogen (secondary N) is 2. The van der Waals surface area contributed by atoms with E-state index in [9.17, 15) is 14.0 Å². The molecule has 0 radical (unpaired) electrons. The van der Waals surface area contributed by atoms with Crippen LogP contribution in [-0.2, 0) is 17.8 Å². The van der Waals surface area contributed by atoms with E-state index in [1.165, 1.54) is 16.6 Å². The van der Waals surface area contributed by atoms with Crippen molar-refractivity contribution in [2.45, 2.75) is 13.0 Å². The average Bonchev–Trinajstić information content (AvgIpc) is 3.17. The summed E-state index contributed by atoms with van der Waals surface area (Å²) in [7, 11) is 0. The molecule has 4 aromatic rings. The van der Waals surface area contributed by atoms with Crippen LogP contribution in [0.5, 0.6) is 0 Å². The van der Waals surface area contributed by atoms with E-state index >= 15 is 0 Å². The van der Waals surface area contributed by atoms with E-state index in [0.717, 1.165) is 11.1 Å². The maximum atomic E-state index is 12.9. The van der Waals surface area contributed by atoms with Crippen LogP contribution in [0.25, 0.3) is 16.8 Å². The van der Waals surface area contributed by atoms with Gasteiger partial charge in [-0.3, -0.25) is 9.59 Å². The molecule has 0 atom stereocenters. The first-order chi connectivity index (χ1) is 13.6. The van der Waals surface area contributed by atoms with Crippen LogP contribution < -0.4 is 10.9 Å². The Bertz CT molecular complexity index is 1180. The number of aromatic nitrogens is 4. The van der Waals surface area contributed by atoms with E-state index in [-0.39, 0.29) is 30.2 Å². The number of hydrogen-bond acceptors (Lipinski definition) is 4. The molecule has 2 heterocycles. The van der Waals surface area contributed by atoms with Crippen molar-refractivity contribution in [1.82, 2.24) is 25.1 Å². The number of benzene rings is 2. The molecule has 8 heteroatoms. The molecule has 0 aliphatic rings. The summed E-state index contributed by atoms with van der Waals surface area (Å²) < 4.78 is 14.3. The summed E-state index contributed by atoms with van der Waals surface area (Å²) in [5, 5.41) is 13.6. The Morgan fingerprint density at radius 1 is 1.11 bits per heavy atom. The fraction of sp³-hybridized carbons (Fsp3) is 0.100. The molecular weight excluding hydrogens is 361 g/mol. The van der Waals surface area contributed by atoms with Crippen LogP contribution in [0.4, 0.5) is 4.39 Å².